The second-order valence-electron chi connectivity index (χ2n) is 5.71. The van der Waals surface area contributed by atoms with Crippen LogP contribution in [0.4, 0.5) is 14.5 Å². The maximum absolute atomic E-state index is 14.1. The monoisotopic (exact) mass is 334 g/mol. The molecular weight excluding hydrogens is 322 g/mol. The molecule has 0 radical (unpaired) electrons. The van der Waals surface area contributed by atoms with Gasteiger partial charge in [-0.15, -0.1) is 0 Å². The first kappa shape index (κ1) is 14.5. The van der Waals surface area contributed by atoms with E-state index in [1.807, 2.05) is 11.0 Å². The molecule has 2 unspecified atom stereocenters. The van der Waals surface area contributed by atoms with E-state index in [-0.39, 0.29) is 17.8 Å². The van der Waals surface area contributed by atoms with Crippen molar-refractivity contribution in [2.75, 3.05) is 18.0 Å². The van der Waals surface area contributed by atoms with Crippen molar-refractivity contribution in [3.8, 4) is 0 Å². The summed E-state index contributed by atoms with van der Waals surface area (Å²) in [7, 11) is 0. The van der Waals surface area contributed by atoms with Crippen LogP contribution in [0, 0.1) is 17.6 Å². The highest BCUT2D eigenvalue weighted by Crippen LogP contribution is 2.35. The largest absolute Gasteiger partial charge is 0.390 e. The molecule has 2 atom stereocenters. The third-order valence-corrected chi connectivity index (χ3v) is 4.61. The van der Waals surface area contributed by atoms with Gasteiger partial charge in [0.1, 0.15) is 17.3 Å². The van der Waals surface area contributed by atoms with Crippen LogP contribution < -0.4 is 4.90 Å². The summed E-state index contributed by atoms with van der Waals surface area (Å²) < 4.78 is 27.6. The molecule has 2 aromatic carbocycles. The molecule has 0 saturated carbocycles. The number of oxime groups is 1. The molecule has 0 N–H and O–H groups in total. The van der Waals surface area contributed by atoms with E-state index in [9.17, 15) is 8.78 Å². The zero-order valence-corrected chi connectivity index (χ0v) is 12.8. The summed E-state index contributed by atoms with van der Waals surface area (Å²) in [5, 5.41) is 4.37. The smallest absolute Gasteiger partial charge is 0.155 e. The van der Waals surface area contributed by atoms with Gasteiger partial charge >= 0.3 is 0 Å². The van der Waals surface area contributed by atoms with E-state index in [1.165, 1.54) is 18.2 Å². The van der Waals surface area contributed by atoms with Crippen molar-refractivity contribution in [2.24, 2.45) is 11.1 Å². The predicted octanol–water partition coefficient (Wildman–Crippen LogP) is 3.86. The summed E-state index contributed by atoms with van der Waals surface area (Å²) in [4.78, 5) is 7.48. The SMILES string of the molecule is Fc1cccc(N2CC3ON=C(c4c(F)cccc4Cl)C3C2)c1. The van der Waals surface area contributed by atoms with Crippen LogP contribution in [0.25, 0.3) is 0 Å². The lowest BCUT2D eigenvalue weighted by Crippen LogP contribution is -2.24. The Labute approximate surface area is 137 Å². The summed E-state index contributed by atoms with van der Waals surface area (Å²) in [6.45, 7) is 1.16. The van der Waals surface area contributed by atoms with Crippen LogP contribution in [0.5, 0.6) is 0 Å². The highest BCUT2D eigenvalue weighted by atomic mass is 35.5. The van der Waals surface area contributed by atoms with Crippen LogP contribution in [-0.2, 0) is 4.84 Å². The molecule has 2 aliphatic heterocycles. The van der Waals surface area contributed by atoms with E-state index in [0.29, 0.717) is 29.4 Å². The molecule has 2 heterocycles. The maximum atomic E-state index is 14.1. The minimum Gasteiger partial charge on any atom is -0.390 e. The summed E-state index contributed by atoms with van der Waals surface area (Å²) in [6.07, 6.45) is -0.177. The van der Waals surface area contributed by atoms with Crippen LogP contribution >= 0.6 is 11.6 Å². The number of fused-ring (bicyclic) bond motifs is 1. The first-order valence-electron chi connectivity index (χ1n) is 7.32. The highest BCUT2D eigenvalue weighted by molar-refractivity contribution is 6.34. The van der Waals surface area contributed by atoms with Gasteiger partial charge in [-0.05, 0) is 30.3 Å². The normalized spacial score (nSPS) is 22.7. The second-order valence-corrected chi connectivity index (χ2v) is 6.12. The van der Waals surface area contributed by atoms with Crippen molar-refractivity contribution in [3.63, 3.8) is 0 Å². The minimum atomic E-state index is -0.412. The maximum Gasteiger partial charge on any atom is 0.155 e. The highest BCUT2D eigenvalue weighted by Gasteiger charge is 2.44. The Bertz CT molecular complexity index is 776. The third kappa shape index (κ3) is 2.45. The van der Waals surface area contributed by atoms with E-state index < -0.39 is 5.82 Å². The summed E-state index contributed by atoms with van der Waals surface area (Å²) >= 11 is 6.13. The van der Waals surface area contributed by atoms with Gasteiger partial charge in [0.05, 0.1) is 23.0 Å². The van der Waals surface area contributed by atoms with Gasteiger partial charge in [0.2, 0.25) is 0 Å². The van der Waals surface area contributed by atoms with E-state index in [1.54, 1.807) is 18.2 Å². The zero-order valence-electron chi connectivity index (χ0n) is 12.0. The van der Waals surface area contributed by atoms with Crippen LogP contribution in [0.1, 0.15) is 5.56 Å². The summed E-state index contributed by atoms with van der Waals surface area (Å²) in [5.74, 6) is -0.788. The Balaban J connectivity index is 1.63. The van der Waals surface area contributed by atoms with Gasteiger partial charge in [0.15, 0.2) is 6.10 Å². The number of halogens is 3. The average Bonchev–Trinajstić information content (AvgIpc) is 3.09. The van der Waals surface area contributed by atoms with Crippen LogP contribution in [0.15, 0.2) is 47.6 Å². The Morgan fingerprint density at radius 3 is 2.74 bits per heavy atom. The molecule has 1 saturated heterocycles. The van der Waals surface area contributed by atoms with Crippen LogP contribution in [0.2, 0.25) is 5.02 Å². The minimum absolute atomic E-state index is 0.0901. The lowest BCUT2D eigenvalue weighted by atomic mass is 9.94. The summed E-state index contributed by atoms with van der Waals surface area (Å²) in [5.41, 5.74) is 1.60. The van der Waals surface area contributed by atoms with Crippen LogP contribution in [-0.4, -0.2) is 24.9 Å². The van der Waals surface area contributed by atoms with Gasteiger partial charge in [-0.25, -0.2) is 8.78 Å². The van der Waals surface area contributed by atoms with E-state index in [4.69, 9.17) is 16.4 Å². The Kier molecular flexibility index (Phi) is 3.45. The topological polar surface area (TPSA) is 24.8 Å². The molecule has 2 aromatic rings. The van der Waals surface area contributed by atoms with Crippen molar-refractivity contribution < 1.29 is 13.6 Å². The first-order valence-corrected chi connectivity index (χ1v) is 7.70. The van der Waals surface area contributed by atoms with Crippen molar-refractivity contribution >= 4 is 23.0 Å². The molecule has 0 aromatic heterocycles. The molecule has 1 fully saturated rings. The standard InChI is InChI=1S/C17H13ClF2N2O/c18-13-5-2-6-14(20)16(13)17-12-8-22(9-15(12)23-21-17)11-4-1-3-10(19)7-11/h1-7,12,15H,8-9H2. The zero-order chi connectivity index (χ0) is 16.0. The fourth-order valence-corrected chi connectivity index (χ4v) is 3.45. The van der Waals surface area contributed by atoms with Crippen molar-refractivity contribution in [3.05, 3.63) is 64.7 Å². The Hall–Kier alpha value is -2.14. The van der Waals surface area contributed by atoms with Gasteiger partial charge < -0.3 is 9.74 Å². The van der Waals surface area contributed by atoms with Crippen molar-refractivity contribution in [2.45, 2.75) is 6.10 Å². The number of rotatable bonds is 2. The third-order valence-electron chi connectivity index (χ3n) is 4.30. The van der Waals surface area contributed by atoms with Gasteiger partial charge in [0, 0.05) is 12.2 Å². The Morgan fingerprint density at radius 1 is 1.13 bits per heavy atom. The number of anilines is 1. The van der Waals surface area contributed by atoms with Crippen molar-refractivity contribution in [1.82, 2.24) is 0 Å². The van der Waals surface area contributed by atoms with Crippen LogP contribution in [0.3, 0.4) is 0 Å². The molecule has 118 valence electrons. The molecule has 0 spiro atoms. The predicted molar refractivity (Wildman–Crippen MR) is 84.9 cm³/mol. The number of hydrogen-bond acceptors (Lipinski definition) is 3. The molecule has 23 heavy (non-hydrogen) atoms. The van der Waals surface area contributed by atoms with Crippen molar-refractivity contribution in [1.29, 1.82) is 0 Å². The average molecular weight is 335 g/mol. The molecule has 4 rings (SSSR count). The number of benzene rings is 2. The fraction of sp³-hybridized carbons (Fsp3) is 0.235. The first-order chi connectivity index (χ1) is 11.1. The lowest BCUT2D eigenvalue weighted by Gasteiger charge is -2.19. The molecule has 0 aliphatic carbocycles. The quantitative estimate of drug-likeness (QED) is 0.833. The molecule has 2 aliphatic rings. The molecular formula is C17H13ClF2N2O. The lowest BCUT2D eigenvalue weighted by molar-refractivity contribution is 0.0854. The van der Waals surface area contributed by atoms with Gasteiger partial charge in [-0.2, -0.15) is 0 Å². The van der Waals surface area contributed by atoms with Gasteiger partial charge in [-0.3, -0.25) is 0 Å². The van der Waals surface area contributed by atoms with E-state index >= 15 is 0 Å². The molecule has 3 nitrogen and oxygen atoms in total. The summed E-state index contributed by atoms with van der Waals surface area (Å²) in [6, 6.07) is 10.9. The van der Waals surface area contributed by atoms with E-state index in [2.05, 4.69) is 5.16 Å². The van der Waals surface area contributed by atoms with Gasteiger partial charge in [-0.1, -0.05) is 28.9 Å². The number of nitrogens with zero attached hydrogens (tertiary/aromatic N) is 2. The van der Waals surface area contributed by atoms with Gasteiger partial charge in [0.25, 0.3) is 0 Å². The molecule has 0 bridgehead atoms. The number of hydrogen-bond donors (Lipinski definition) is 0. The molecule has 0 amide bonds. The van der Waals surface area contributed by atoms with E-state index in [0.717, 1.165) is 5.69 Å². The molecule has 6 heteroatoms. The second kappa shape index (κ2) is 5.49. The fourth-order valence-electron chi connectivity index (χ4n) is 3.19. The Morgan fingerprint density at radius 2 is 1.96 bits per heavy atom.